The second-order valence-corrected chi connectivity index (χ2v) is 3.94. The minimum absolute atomic E-state index is 0. The molecule has 0 unspecified atom stereocenters. The summed E-state index contributed by atoms with van der Waals surface area (Å²) in [6, 6.07) is 6.60. The Hall–Kier alpha value is -0.640. The van der Waals surface area contributed by atoms with Gasteiger partial charge < -0.3 is 0 Å². The molecule has 0 radical (unpaired) electrons. The van der Waals surface area contributed by atoms with E-state index < -0.39 is 11.6 Å². The highest BCUT2D eigenvalue weighted by atomic mass is 32.1. The van der Waals surface area contributed by atoms with Crippen molar-refractivity contribution in [2.45, 2.75) is 32.4 Å². The molecule has 0 spiro atoms. The molecule has 0 atom stereocenters. The summed E-state index contributed by atoms with van der Waals surface area (Å²) < 4.78 is 38.1. The van der Waals surface area contributed by atoms with Crippen LogP contribution in [0.5, 0.6) is 0 Å². The number of halogens is 3. The van der Waals surface area contributed by atoms with Gasteiger partial charge in [-0.15, -0.1) is 0 Å². The van der Waals surface area contributed by atoms with E-state index in [0.717, 1.165) is 0 Å². The van der Waals surface area contributed by atoms with Gasteiger partial charge in [-0.25, -0.2) is 0 Å². The molecule has 0 heterocycles. The van der Waals surface area contributed by atoms with Gasteiger partial charge in [-0.3, -0.25) is 0 Å². The summed E-state index contributed by atoms with van der Waals surface area (Å²) in [6.45, 7) is 4.10. The first-order chi connectivity index (χ1) is 6.27. The molecule has 15 heavy (non-hydrogen) atoms. The zero-order chi connectivity index (χ0) is 11.0. The third-order valence-corrected chi connectivity index (χ3v) is 2.53. The van der Waals surface area contributed by atoms with Gasteiger partial charge in [-0.05, 0) is 31.9 Å². The summed E-state index contributed by atoms with van der Waals surface area (Å²) in [5, 5.41) is 0. The summed E-state index contributed by atoms with van der Waals surface area (Å²) in [5.74, 6) is 0. The van der Waals surface area contributed by atoms with Crippen molar-refractivity contribution >= 4 is 13.5 Å². The van der Waals surface area contributed by atoms with Gasteiger partial charge >= 0.3 is 6.18 Å². The summed E-state index contributed by atoms with van der Waals surface area (Å²) in [5.41, 5.74) is -0.763. The first kappa shape index (κ1) is 14.4. The summed E-state index contributed by atoms with van der Waals surface area (Å²) in [4.78, 5) is 0. The van der Waals surface area contributed by atoms with Crippen LogP contribution in [0.1, 0.15) is 25.0 Å². The molecule has 0 bridgehead atoms. The summed E-state index contributed by atoms with van der Waals surface area (Å²) in [7, 11) is 0. The van der Waals surface area contributed by atoms with E-state index in [9.17, 15) is 13.2 Å². The Balaban J connectivity index is 0.00000196. The third-order valence-electron chi connectivity index (χ3n) is 2.53. The van der Waals surface area contributed by atoms with E-state index in [1.54, 1.807) is 25.1 Å². The second-order valence-electron chi connectivity index (χ2n) is 3.94. The number of aryl methyl sites for hydroxylation is 1. The molecule has 86 valence electrons. The standard InChI is InChI=1S/C11H13F3.H2S/c1-8-6-4-5-7-9(8)10(2,3)11(12,13)14;/h4-7H,1-3H3;1H2. The van der Waals surface area contributed by atoms with Crippen molar-refractivity contribution in [2.75, 3.05) is 0 Å². The van der Waals surface area contributed by atoms with Gasteiger partial charge in [0.1, 0.15) is 0 Å². The maximum absolute atomic E-state index is 12.7. The Morgan fingerprint density at radius 2 is 1.47 bits per heavy atom. The van der Waals surface area contributed by atoms with E-state index in [1.807, 2.05) is 0 Å². The average Bonchev–Trinajstić information content (AvgIpc) is 2.02. The van der Waals surface area contributed by atoms with Gasteiger partial charge in [0.25, 0.3) is 0 Å². The molecule has 0 saturated carbocycles. The number of rotatable bonds is 1. The first-order valence-corrected chi connectivity index (χ1v) is 4.39. The molecule has 4 heteroatoms. The minimum atomic E-state index is -4.21. The Morgan fingerprint density at radius 3 is 1.87 bits per heavy atom. The maximum Gasteiger partial charge on any atom is 0.397 e. The quantitative estimate of drug-likeness (QED) is 0.692. The van der Waals surface area contributed by atoms with Crippen molar-refractivity contribution in [1.82, 2.24) is 0 Å². The number of alkyl halides is 3. The van der Waals surface area contributed by atoms with Crippen LogP contribution in [-0.4, -0.2) is 6.18 Å². The van der Waals surface area contributed by atoms with Crippen LogP contribution in [0, 0.1) is 6.92 Å². The monoisotopic (exact) mass is 236 g/mol. The summed E-state index contributed by atoms with van der Waals surface area (Å²) >= 11 is 0. The number of hydrogen-bond donors (Lipinski definition) is 0. The van der Waals surface area contributed by atoms with Gasteiger partial charge in [0, 0.05) is 0 Å². The molecule has 0 saturated heterocycles. The lowest BCUT2D eigenvalue weighted by Crippen LogP contribution is -2.36. The van der Waals surface area contributed by atoms with Gasteiger partial charge in [-0.2, -0.15) is 26.7 Å². The molecule has 0 nitrogen and oxygen atoms in total. The molecule has 0 amide bonds. The van der Waals surface area contributed by atoms with E-state index in [-0.39, 0.29) is 13.5 Å². The van der Waals surface area contributed by atoms with Crippen molar-refractivity contribution < 1.29 is 13.2 Å². The third kappa shape index (κ3) is 2.68. The Morgan fingerprint density at radius 1 is 1.00 bits per heavy atom. The smallest absolute Gasteiger partial charge is 0.197 e. The largest absolute Gasteiger partial charge is 0.397 e. The molecule has 0 aliphatic heterocycles. The Labute approximate surface area is 94.9 Å². The fraction of sp³-hybridized carbons (Fsp3) is 0.455. The normalized spacial score (nSPS) is 12.1. The molecule has 1 aromatic rings. The number of benzene rings is 1. The molecule has 0 aliphatic carbocycles. The van der Waals surface area contributed by atoms with Gasteiger partial charge in [-0.1, -0.05) is 24.3 Å². The Kier molecular flexibility index (Phi) is 4.28. The lowest BCUT2D eigenvalue weighted by Gasteiger charge is -2.29. The second kappa shape index (κ2) is 4.47. The van der Waals surface area contributed by atoms with Gasteiger partial charge in [0.2, 0.25) is 0 Å². The van der Waals surface area contributed by atoms with Crippen LogP contribution >= 0.6 is 13.5 Å². The maximum atomic E-state index is 12.7. The van der Waals surface area contributed by atoms with E-state index in [4.69, 9.17) is 0 Å². The predicted octanol–water partition coefficient (Wildman–Crippen LogP) is 3.95. The molecular formula is C11H15F3S. The van der Waals surface area contributed by atoms with Gasteiger partial charge in [0.05, 0.1) is 5.41 Å². The van der Waals surface area contributed by atoms with Crippen molar-refractivity contribution in [2.24, 2.45) is 0 Å². The lowest BCUT2D eigenvalue weighted by molar-refractivity contribution is -0.180. The fourth-order valence-electron chi connectivity index (χ4n) is 1.43. The van der Waals surface area contributed by atoms with Crippen LogP contribution in [-0.2, 0) is 5.41 Å². The lowest BCUT2D eigenvalue weighted by atomic mass is 9.81. The van der Waals surface area contributed by atoms with E-state index in [1.165, 1.54) is 19.9 Å². The zero-order valence-electron chi connectivity index (χ0n) is 8.94. The Bertz CT molecular complexity index is 329. The predicted molar refractivity (Wildman–Crippen MR) is 60.6 cm³/mol. The highest BCUT2D eigenvalue weighted by Gasteiger charge is 2.48. The highest BCUT2D eigenvalue weighted by Crippen LogP contribution is 2.41. The van der Waals surface area contributed by atoms with Gasteiger partial charge in [0.15, 0.2) is 0 Å². The van der Waals surface area contributed by atoms with Crippen LogP contribution in [0.2, 0.25) is 0 Å². The fourth-order valence-corrected chi connectivity index (χ4v) is 1.43. The van der Waals surface area contributed by atoms with Crippen LogP contribution in [0.25, 0.3) is 0 Å². The first-order valence-electron chi connectivity index (χ1n) is 4.39. The number of hydrogen-bond acceptors (Lipinski definition) is 0. The van der Waals surface area contributed by atoms with E-state index >= 15 is 0 Å². The SMILES string of the molecule is Cc1ccccc1C(C)(C)C(F)(F)F.S. The van der Waals surface area contributed by atoms with Crippen molar-refractivity contribution in [3.05, 3.63) is 35.4 Å². The van der Waals surface area contributed by atoms with Crippen LogP contribution < -0.4 is 0 Å². The minimum Gasteiger partial charge on any atom is -0.197 e. The molecule has 0 aliphatic rings. The highest BCUT2D eigenvalue weighted by molar-refractivity contribution is 7.59. The topological polar surface area (TPSA) is 0 Å². The van der Waals surface area contributed by atoms with Crippen molar-refractivity contribution in [1.29, 1.82) is 0 Å². The van der Waals surface area contributed by atoms with Crippen molar-refractivity contribution in [3.63, 3.8) is 0 Å². The molecule has 0 aromatic heterocycles. The van der Waals surface area contributed by atoms with Crippen LogP contribution in [0.4, 0.5) is 13.2 Å². The van der Waals surface area contributed by atoms with Crippen LogP contribution in [0.15, 0.2) is 24.3 Å². The zero-order valence-corrected chi connectivity index (χ0v) is 9.94. The average molecular weight is 236 g/mol. The molecule has 0 fully saturated rings. The molecule has 1 aromatic carbocycles. The summed E-state index contributed by atoms with van der Waals surface area (Å²) in [6.07, 6.45) is -4.21. The molecular weight excluding hydrogens is 221 g/mol. The van der Waals surface area contributed by atoms with Crippen molar-refractivity contribution in [3.8, 4) is 0 Å². The van der Waals surface area contributed by atoms with Crippen LogP contribution in [0.3, 0.4) is 0 Å². The van der Waals surface area contributed by atoms with E-state index in [2.05, 4.69) is 0 Å². The molecule has 1 rings (SSSR count). The molecule has 0 N–H and O–H groups in total. The van der Waals surface area contributed by atoms with E-state index in [0.29, 0.717) is 11.1 Å².